The molecule has 0 bridgehead atoms. The van der Waals surface area contributed by atoms with E-state index in [1.54, 1.807) is 6.07 Å². The topological polar surface area (TPSA) is 58.2 Å². The van der Waals surface area contributed by atoms with Crippen LogP contribution in [0.3, 0.4) is 0 Å². The van der Waals surface area contributed by atoms with Crippen molar-refractivity contribution in [2.24, 2.45) is 5.92 Å². The number of thiophene rings is 1. The average molecular weight is 316 g/mol. The molecule has 0 atom stereocenters. The number of hydrogen-bond acceptors (Lipinski definition) is 3. The van der Waals surface area contributed by atoms with Gasteiger partial charge in [-0.15, -0.1) is 11.3 Å². The van der Waals surface area contributed by atoms with Crippen molar-refractivity contribution in [2.45, 2.75) is 26.8 Å². The average Bonchev–Trinajstić information content (AvgIpc) is 2.93. The molecular weight excluding hydrogens is 296 g/mol. The third-order valence-electron chi connectivity index (χ3n) is 3.05. The lowest BCUT2D eigenvalue weighted by Gasteiger charge is -2.09. The van der Waals surface area contributed by atoms with Gasteiger partial charge in [0.25, 0.3) is 5.91 Å². The minimum Gasteiger partial charge on any atom is -0.348 e. The van der Waals surface area contributed by atoms with Crippen LogP contribution in [0.25, 0.3) is 0 Å². The predicted octanol–water partition coefficient (Wildman–Crippen LogP) is 3.66. The third-order valence-corrected chi connectivity index (χ3v) is 3.88. The molecule has 5 heteroatoms. The Kier molecular flexibility index (Phi) is 5.72. The van der Waals surface area contributed by atoms with E-state index in [-0.39, 0.29) is 17.7 Å². The first kappa shape index (κ1) is 16.2. The van der Waals surface area contributed by atoms with E-state index in [0.717, 1.165) is 5.56 Å². The van der Waals surface area contributed by atoms with E-state index < -0.39 is 0 Å². The molecule has 4 nitrogen and oxygen atoms in total. The van der Waals surface area contributed by atoms with Crippen molar-refractivity contribution in [1.29, 1.82) is 0 Å². The highest BCUT2D eigenvalue weighted by Gasteiger charge is 2.15. The van der Waals surface area contributed by atoms with Crippen LogP contribution in [0, 0.1) is 5.92 Å². The Morgan fingerprint density at radius 3 is 2.55 bits per heavy atom. The van der Waals surface area contributed by atoms with Crippen molar-refractivity contribution in [3.05, 3.63) is 52.9 Å². The van der Waals surface area contributed by atoms with E-state index in [1.807, 2.05) is 49.6 Å². The predicted molar refractivity (Wildman–Crippen MR) is 90.0 cm³/mol. The van der Waals surface area contributed by atoms with E-state index in [1.165, 1.54) is 11.3 Å². The highest BCUT2D eigenvalue weighted by molar-refractivity contribution is 7.14. The second kappa shape index (κ2) is 7.75. The van der Waals surface area contributed by atoms with Crippen molar-refractivity contribution in [1.82, 2.24) is 5.32 Å². The monoisotopic (exact) mass is 316 g/mol. The van der Waals surface area contributed by atoms with Crippen molar-refractivity contribution in [3.63, 3.8) is 0 Å². The number of carbonyl (C=O) groups excluding carboxylic acids is 2. The van der Waals surface area contributed by atoms with Crippen molar-refractivity contribution >= 4 is 28.2 Å². The Hall–Kier alpha value is -2.14. The van der Waals surface area contributed by atoms with Gasteiger partial charge >= 0.3 is 0 Å². The summed E-state index contributed by atoms with van der Waals surface area (Å²) in [5.41, 5.74) is 1.55. The molecule has 0 saturated carbocycles. The van der Waals surface area contributed by atoms with Crippen LogP contribution in [0.2, 0.25) is 0 Å². The fourth-order valence-electron chi connectivity index (χ4n) is 2.01. The Morgan fingerprint density at radius 2 is 1.86 bits per heavy atom. The molecule has 116 valence electrons. The molecule has 2 N–H and O–H groups in total. The quantitative estimate of drug-likeness (QED) is 0.854. The maximum absolute atomic E-state index is 12.2. The van der Waals surface area contributed by atoms with Crippen LogP contribution in [-0.2, 0) is 11.3 Å². The summed E-state index contributed by atoms with van der Waals surface area (Å²) >= 11 is 1.36. The highest BCUT2D eigenvalue weighted by Crippen LogP contribution is 2.23. The van der Waals surface area contributed by atoms with Gasteiger partial charge in [0, 0.05) is 13.0 Å². The Labute approximate surface area is 134 Å². The largest absolute Gasteiger partial charge is 0.348 e. The Bertz CT molecular complexity index is 635. The minimum absolute atomic E-state index is 0.0606. The van der Waals surface area contributed by atoms with Gasteiger partial charge in [-0.3, -0.25) is 9.59 Å². The van der Waals surface area contributed by atoms with Gasteiger partial charge in [-0.2, -0.15) is 0 Å². The molecule has 0 fully saturated rings. The van der Waals surface area contributed by atoms with Crippen LogP contribution in [0.1, 0.15) is 36.2 Å². The van der Waals surface area contributed by atoms with Crippen molar-refractivity contribution in [3.8, 4) is 0 Å². The van der Waals surface area contributed by atoms with E-state index in [4.69, 9.17) is 0 Å². The number of amides is 2. The minimum atomic E-state index is -0.176. The summed E-state index contributed by atoms with van der Waals surface area (Å²) in [6, 6.07) is 11.5. The van der Waals surface area contributed by atoms with Crippen LogP contribution >= 0.6 is 11.3 Å². The van der Waals surface area contributed by atoms with Crippen LogP contribution in [0.5, 0.6) is 0 Å². The molecule has 0 spiro atoms. The van der Waals surface area contributed by atoms with Gasteiger partial charge in [0.1, 0.15) is 5.00 Å². The van der Waals surface area contributed by atoms with E-state index >= 15 is 0 Å². The van der Waals surface area contributed by atoms with Crippen molar-refractivity contribution < 1.29 is 9.59 Å². The number of benzene rings is 1. The summed E-state index contributed by atoms with van der Waals surface area (Å²) in [5, 5.41) is 8.11. The maximum atomic E-state index is 12.2. The molecule has 0 saturated heterocycles. The standard InChI is InChI=1S/C17H20N2O2S/c1-12(2)10-15(20)19-17-14(8-9-22-17)16(21)18-11-13-6-4-3-5-7-13/h3-9,12H,10-11H2,1-2H3,(H,18,21)(H,19,20). The molecule has 0 radical (unpaired) electrons. The fraction of sp³-hybridized carbons (Fsp3) is 0.294. The van der Waals surface area contributed by atoms with Gasteiger partial charge in [0.2, 0.25) is 5.91 Å². The van der Waals surface area contributed by atoms with Gasteiger partial charge in [0.15, 0.2) is 0 Å². The first-order chi connectivity index (χ1) is 10.6. The van der Waals surface area contributed by atoms with Gasteiger partial charge in [-0.1, -0.05) is 44.2 Å². The Balaban J connectivity index is 1.96. The zero-order valence-electron chi connectivity index (χ0n) is 12.8. The normalized spacial score (nSPS) is 10.5. The lowest BCUT2D eigenvalue weighted by atomic mass is 10.1. The number of hydrogen-bond donors (Lipinski definition) is 2. The molecule has 1 heterocycles. The summed E-state index contributed by atoms with van der Waals surface area (Å²) in [5.74, 6) is 0.0508. The molecule has 0 unspecified atom stereocenters. The summed E-state index contributed by atoms with van der Waals surface area (Å²) in [6.45, 7) is 4.44. The molecule has 22 heavy (non-hydrogen) atoms. The van der Waals surface area contributed by atoms with Crippen LogP contribution in [0.15, 0.2) is 41.8 Å². The molecule has 1 aromatic heterocycles. The summed E-state index contributed by atoms with van der Waals surface area (Å²) in [7, 11) is 0. The maximum Gasteiger partial charge on any atom is 0.254 e. The van der Waals surface area contributed by atoms with Gasteiger partial charge in [0.05, 0.1) is 5.56 Å². The molecule has 1 aromatic carbocycles. The molecule has 2 aromatic rings. The first-order valence-corrected chi connectivity index (χ1v) is 8.13. The van der Waals surface area contributed by atoms with E-state index in [9.17, 15) is 9.59 Å². The zero-order valence-corrected chi connectivity index (χ0v) is 13.6. The zero-order chi connectivity index (χ0) is 15.9. The third kappa shape index (κ3) is 4.70. The SMILES string of the molecule is CC(C)CC(=O)Nc1sccc1C(=O)NCc1ccccc1. The number of carbonyl (C=O) groups is 2. The van der Waals surface area contributed by atoms with Crippen molar-refractivity contribution in [2.75, 3.05) is 5.32 Å². The number of nitrogens with one attached hydrogen (secondary N) is 2. The fourth-order valence-corrected chi connectivity index (χ4v) is 2.81. The van der Waals surface area contributed by atoms with Gasteiger partial charge in [-0.25, -0.2) is 0 Å². The number of anilines is 1. The first-order valence-electron chi connectivity index (χ1n) is 7.25. The molecule has 2 amide bonds. The van der Waals surface area contributed by atoms with E-state index in [2.05, 4.69) is 10.6 Å². The summed E-state index contributed by atoms with van der Waals surface area (Å²) in [4.78, 5) is 24.1. The highest BCUT2D eigenvalue weighted by atomic mass is 32.1. The summed E-state index contributed by atoms with van der Waals surface area (Å²) in [6.07, 6.45) is 0.447. The Morgan fingerprint density at radius 1 is 1.14 bits per heavy atom. The molecule has 2 rings (SSSR count). The lowest BCUT2D eigenvalue weighted by Crippen LogP contribution is -2.24. The smallest absolute Gasteiger partial charge is 0.254 e. The van der Waals surface area contributed by atoms with Crippen LogP contribution < -0.4 is 10.6 Å². The summed E-state index contributed by atoms with van der Waals surface area (Å²) < 4.78 is 0. The number of rotatable bonds is 6. The van der Waals surface area contributed by atoms with Gasteiger partial charge in [-0.05, 0) is 22.9 Å². The molecule has 0 aliphatic heterocycles. The van der Waals surface area contributed by atoms with Crippen LogP contribution in [-0.4, -0.2) is 11.8 Å². The van der Waals surface area contributed by atoms with Crippen LogP contribution in [0.4, 0.5) is 5.00 Å². The van der Waals surface area contributed by atoms with Gasteiger partial charge < -0.3 is 10.6 Å². The lowest BCUT2D eigenvalue weighted by molar-refractivity contribution is -0.116. The second-order valence-electron chi connectivity index (χ2n) is 5.48. The molecule has 0 aliphatic rings. The molecular formula is C17H20N2O2S. The second-order valence-corrected chi connectivity index (χ2v) is 6.39. The van der Waals surface area contributed by atoms with E-state index in [0.29, 0.717) is 23.5 Å². The molecule has 0 aliphatic carbocycles.